The van der Waals surface area contributed by atoms with Gasteiger partial charge in [0.2, 0.25) is 11.9 Å². The van der Waals surface area contributed by atoms with Gasteiger partial charge in [-0.1, -0.05) is 0 Å². The van der Waals surface area contributed by atoms with E-state index in [-0.39, 0.29) is 12.6 Å². The molecule has 1 heterocycles. The van der Waals surface area contributed by atoms with E-state index < -0.39 is 0 Å². The molecule has 112 valence electrons. The van der Waals surface area contributed by atoms with E-state index in [2.05, 4.69) is 15.0 Å². The third kappa shape index (κ3) is 4.20. The summed E-state index contributed by atoms with van der Waals surface area (Å²) in [5, 5.41) is 0. The summed E-state index contributed by atoms with van der Waals surface area (Å²) >= 11 is 0. The molecule has 2 N–H and O–H groups in total. The highest BCUT2D eigenvalue weighted by atomic mass is 16.5. The molecule has 0 aliphatic carbocycles. The second-order valence-corrected chi connectivity index (χ2v) is 4.50. The number of ether oxygens (including phenoxy) is 2. The molecule has 0 radical (unpaired) electrons. The van der Waals surface area contributed by atoms with Crippen molar-refractivity contribution < 1.29 is 9.47 Å². The first-order valence-electron chi connectivity index (χ1n) is 6.62. The number of aromatic nitrogens is 3. The SMILES string of the molecule is CCOc1ccc(OCc2nc(N)nc(N(C)C)n2)cc1. The van der Waals surface area contributed by atoms with Gasteiger partial charge in [0, 0.05) is 14.1 Å². The van der Waals surface area contributed by atoms with Crippen LogP contribution in [0, 0.1) is 0 Å². The maximum atomic E-state index is 5.66. The number of benzene rings is 1. The van der Waals surface area contributed by atoms with Gasteiger partial charge in [0.05, 0.1) is 6.61 Å². The van der Waals surface area contributed by atoms with Gasteiger partial charge in [-0.25, -0.2) is 0 Å². The van der Waals surface area contributed by atoms with E-state index in [0.29, 0.717) is 24.1 Å². The van der Waals surface area contributed by atoms with Gasteiger partial charge in [-0.05, 0) is 31.2 Å². The molecule has 1 aromatic carbocycles. The fourth-order valence-electron chi connectivity index (χ4n) is 1.64. The summed E-state index contributed by atoms with van der Waals surface area (Å²) in [5.41, 5.74) is 5.66. The maximum Gasteiger partial charge on any atom is 0.230 e. The monoisotopic (exact) mass is 289 g/mol. The molecule has 0 atom stereocenters. The fraction of sp³-hybridized carbons (Fsp3) is 0.357. The molecular formula is C14H19N5O2. The van der Waals surface area contributed by atoms with E-state index in [9.17, 15) is 0 Å². The molecule has 21 heavy (non-hydrogen) atoms. The van der Waals surface area contributed by atoms with Crippen LogP contribution in [-0.4, -0.2) is 35.7 Å². The average molecular weight is 289 g/mol. The van der Waals surface area contributed by atoms with Crippen LogP contribution in [0.25, 0.3) is 0 Å². The topological polar surface area (TPSA) is 86.4 Å². The van der Waals surface area contributed by atoms with Crippen molar-refractivity contribution in [2.24, 2.45) is 0 Å². The molecule has 0 aliphatic rings. The Hall–Kier alpha value is -2.57. The number of hydrogen-bond donors (Lipinski definition) is 1. The number of nitrogen functional groups attached to an aromatic ring is 1. The molecule has 0 spiro atoms. The van der Waals surface area contributed by atoms with Crippen molar-refractivity contribution in [3.8, 4) is 11.5 Å². The number of rotatable bonds is 6. The quantitative estimate of drug-likeness (QED) is 0.862. The van der Waals surface area contributed by atoms with E-state index in [1.54, 1.807) is 4.90 Å². The summed E-state index contributed by atoms with van der Waals surface area (Å²) in [5.74, 6) is 2.69. The van der Waals surface area contributed by atoms with E-state index in [4.69, 9.17) is 15.2 Å². The lowest BCUT2D eigenvalue weighted by Gasteiger charge is -2.12. The summed E-state index contributed by atoms with van der Waals surface area (Å²) in [4.78, 5) is 14.1. The Kier molecular flexibility index (Phi) is 4.76. The van der Waals surface area contributed by atoms with Gasteiger partial charge in [-0.15, -0.1) is 0 Å². The van der Waals surface area contributed by atoms with Gasteiger partial charge in [0.25, 0.3) is 0 Å². The predicted octanol–water partition coefficient (Wildman–Crippen LogP) is 1.50. The Morgan fingerprint density at radius 3 is 2.19 bits per heavy atom. The van der Waals surface area contributed by atoms with E-state index in [1.807, 2.05) is 45.3 Å². The van der Waals surface area contributed by atoms with Crippen molar-refractivity contribution in [2.45, 2.75) is 13.5 Å². The molecule has 7 heteroatoms. The summed E-state index contributed by atoms with van der Waals surface area (Å²) < 4.78 is 11.0. The molecule has 1 aromatic heterocycles. The lowest BCUT2D eigenvalue weighted by molar-refractivity contribution is 0.294. The minimum absolute atomic E-state index is 0.180. The first-order chi connectivity index (χ1) is 10.1. The van der Waals surface area contributed by atoms with Crippen molar-refractivity contribution in [3.05, 3.63) is 30.1 Å². The molecule has 0 saturated carbocycles. The summed E-state index contributed by atoms with van der Waals surface area (Å²) in [7, 11) is 3.68. The molecule has 0 aliphatic heterocycles. The smallest absolute Gasteiger partial charge is 0.230 e. The molecule has 0 unspecified atom stereocenters. The first kappa shape index (κ1) is 14.8. The van der Waals surface area contributed by atoms with Gasteiger partial charge >= 0.3 is 0 Å². The normalized spacial score (nSPS) is 10.2. The Morgan fingerprint density at radius 1 is 1.00 bits per heavy atom. The molecule has 2 rings (SSSR count). The lowest BCUT2D eigenvalue weighted by atomic mass is 10.3. The summed E-state index contributed by atoms with van der Waals surface area (Å²) in [6.07, 6.45) is 0. The third-order valence-electron chi connectivity index (χ3n) is 2.59. The fourth-order valence-corrected chi connectivity index (χ4v) is 1.64. The molecule has 7 nitrogen and oxygen atoms in total. The Morgan fingerprint density at radius 2 is 1.62 bits per heavy atom. The summed E-state index contributed by atoms with van der Waals surface area (Å²) in [6, 6.07) is 7.38. The van der Waals surface area contributed by atoms with Crippen molar-refractivity contribution in [1.82, 2.24) is 15.0 Å². The van der Waals surface area contributed by atoms with Crippen LogP contribution in [0.15, 0.2) is 24.3 Å². The summed E-state index contributed by atoms with van der Waals surface area (Å²) in [6.45, 7) is 2.80. The molecule has 2 aromatic rings. The number of nitrogens with zero attached hydrogens (tertiary/aromatic N) is 4. The van der Waals surface area contributed by atoms with E-state index >= 15 is 0 Å². The van der Waals surface area contributed by atoms with Gasteiger partial charge in [-0.2, -0.15) is 15.0 Å². The number of hydrogen-bond acceptors (Lipinski definition) is 7. The molecule has 0 saturated heterocycles. The van der Waals surface area contributed by atoms with Crippen molar-refractivity contribution in [2.75, 3.05) is 31.3 Å². The number of anilines is 2. The van der Waals surface area contributed by atoms with Crippen LogP contribution < -0.4 is 20.1 Å². The standard InChI is InChI=1S/C14H19N5O2/c1-4-20-10-5-7-11(8-6-10)21-9-12-16-13(15)18-14(17-12)19(2)3/h5-8H,4,9H2,1-3H3,(H2,15,16,17,18). The Labute approximate surface area is 123 Å². The lowest BCUT2D eigenvalue weighted by Crippen LogP contribution is -2.16. The van der Waals surface area contributed by atoms with Crippen molar-refractivity contribution in [1.29, 1.82) is 0 Å². The van der Waals surface area contributed by atoms with Crippen LogP contribution in [0.1, 0.15) is 12.7 Å². The second kappa shape index (κ2) is 6.74. The average Bonchev–Trinajstić information content (AvgIpc) is 2.46. The highest BCUT2D eigenvalue weighted by molar-refractivity contribution is 5.33. The number of nitrogens with two attached hydrogens (primary N) is 1. The van der Waals surface area contributed by atoms with Crippen LogP contribution in [0.2, 0.25) is 0 Å². The molecule has 0 fully saturated rings. The van der Waals surface area contributed by atoms with Crippen LogP contribution in [0.3, 0.4) is 0 Å². The zero-order chi connectivity index (χ0) is 15.2. The Bertz CT molecular complexity index is 586. The van der Waals surface area contributed by atoms with Crippen LogP contribution in [-0.2, 0) is 6.61 Å². The zero-order valence-corrected chi connectivity index (χ0v) is 12.4. The third-order valence-corrected chi connectivity index (χ3v) is 2.59. The molecule has 0 amide bonds. The van der Waals surface area contributed by atoms with Crippen LogP contribution in [0.5, 0.6) is 11.5 Å². The minimum Gasteiger partial charge on any atom is -0.494 e. The first-order valence-corrected chi connectivity index (χ1v) is 6.62. The van der Waals surface area contributed by atoms with Gasteiger partial charge in [0.1, 0.15) is 18.1 Å². The largest absolute Gasteiger partial charge is 0.494 e. The van der Waals surface area contributed by atoms with Crippen molar-refractivity contribution in [3.63, 3.8) is 0 Å². The zero-order valence-electron chi connectivity index (χ0n) is 12.4. The van der Waals surface area contributed by atoms with E-state index in [1.165, 1.54) is 0 Å². The highest BCUT2D eigenvalue weighted by Gasteiger charge is 2.07. The van der Waals surface area contributed by atoms with Gasteiger partial charge < -0.3 is 20.1 Å². The van der Waals surface area contributed by atoms with Gasteiger partial charge in [-0.3, -0.25) is 0 Å². The van der Waals surface area contributed by atoms with Crippen LogP contribution >= 0.6 is 0 Å². The molecular weight excluding hydrogens is 270 g/mol. The van der Waals surface area contributed by atoms with Gasteiger partial charge in [0.15, 0.2) is 5.82 Å². The van der Waals surface area contributed by atoms with E-state index in [0.717, 1.165) is 5.75 Å². The predicted molar refractivity (Wildman–Crippen MR) is 80.5 cm³/mol. The maximum absolute atomic E-state index is 5.66. The Balaban J connectivity index is 2.02. The highest BCUT2D eigenvalue weighted by Crippen LogP contribution is 2.18. The molecule has 0 bridgehead atoms. The second-order valence-electron chi connectivity index (χ2n) is 4.50. The van der Waals surface area contributed by atoms with Crippen LogP contribution in [0.4, 0.5) is 11.9 Å². The minimum atomic E-state index is 0.180. The van der Waals surface area contributed by atoms with Crippen molar-refractivity contribution >= 4 is 11.9 Å².